The van der Waals surface area contributed by atoms with Gasteiger partial charge in [0.2, 0.25) is 0 Å². The Bertz CT molecular complexity index is 1100. The van der Waals surface area contributed by atoms with Crippen LogP contribution in [0.4, 0.5) is 0 Å². The molecule has 6 nitrogen and oxygen atoms in total. The molecule has 0 fully saturated rings. The lowest BCUT2D eigenvalue weighted by atomic mass is 10.2. The van der Waals surface area contributed by atoms with Crippen LogP contribution in [0.5, 0.6) is 35.3 Å². The normalized spacial score (nSPS) is 10.1. The van der Waals surface area contributed by atoms with E-state index in [0.29, 0.717) is 17.2 Å². The lowest BCUT2D eigenvalue weighted by molar-refractivity contribution is 0.362. The molecule has 1 aromatic heterocycles. The van der Waals surface area contributed by atoms with Crippen molar-refractivity contribution in [3.8, 4) is 35.3 Å². The third-order valence-corrected chi connectivity index (χ3v) is 4.82. The fraction of sp³-hybridized carbons (Fsp3) is 0.222. The predicted molar refractivity (Wildman–Crippen MR) is 139 cm³/mol. The number of hydrogen-bond acceptors (Lipinski definition) is 6. The maximum atomic E-state index is 5.85. The van der Waals surface area contributed by atoms with Crippen LogP contribution in [0.25, 0.3) is 0 Å². The third-order valence-electron chi connectivity index (χ3n) is 4.43. The van der Waals surface area contributed by atoms with Crippen LogP contribution in [0, 0.1) is 6.92 Å². The fourth-order valence-corrected chi connectivity index (χ4v) is 2.90. The first kappa shape index (κ1) is 25.1. The summed E-state index contributed by atoms with van der Waals surface area (Å²) in [5, 5.41) is 1.05. The van der Waals surface area contributed by atoms with Gasteiger partial charge in [-0.2, -0.15) is 0 Å². The number of aryl methyl sites for hydroxylation is 2. The van der Waals surface area contributed by atoms with E-state index in [1.165, 1.54) is 12.0 Å². The standard InChI is InChI=1S/C24H22N3O3P.C3H8/c1-3-17-6-10-19(11-7-17)29-23-25-22(28-18-8-4-16(2)5-9-18)26-24(27-23)30-20-12-14-21(31)15-13-20;1-3-2/h4-15H,3,31H2,1-2H3;3H2,1-2H3. The fourth-order valence-electron chi connectivity index (χ4n) is 2.71. The second kappa shape index (κ2) is 12.7. The SMILES string of the molecule is CCC.CCc1ccc(Oc2nc(Oc3ccc(C)cc3)nc(Oc3ccc(P)cc3)n2)cc1. The number of benzene rings is 3. The van der Waals surface area contributed by atoms with E-state index < -0.39 is 0 Å². The molecule has 176 valence electrons. The Balaban J connectivity index is 0.00000103. The molecule has 0 amide bonds. The Kier molecular flexibility index (Phi) is 9.36. The molecule has 34 heavy (non-hydrogen) atoms. The van der Waals surface area contributed by atoms with Crippen LogP contribution in [0.1, 0.15) is 38.3 Å². The van der Waals surface area contributed by atoms with Gasteiger partial charge in [-0.1, -0.05) is 69.2 Å². The summed E-state index contributed by atoms with van der Waals surface area (Å²) >= 11 is 0. The summed E-state index contributed by atoms with van der Waals surface area (Å²) in [7, 11) is 2.63. The van der Waals surface area contributed by atoms with E-state index in [1.54, 1.807) is 0 Å². The molecule has 0 radical (unpaired) electrons. The first-order valence-electron chi connectivity index (χ1n) is 11.3. The molecule has 0 bridgehead atoms. The van der Waals surface area contributed by atoms with Gasteiger partial charge in [0.1, 0.15) is 17.2 Å². The minimum Gasteiger partial charge on any atom is -0.424 e. The van der Waals surface area contributed by atoms with Crippen molar-refractivity contribution in [2.45, 2.75) is 40.5 Å². The smallest absolute Gasteiger partial charge is 0.331 e. The van der Waals surface area contributed by atoms with Gasteiger partial charge in [-0.25, -0.2) is 0 Å². The van der Waals surface area contributed by atoms with Gasteiger partial charge in [-0.3, -0.25) is 0 Å². The van der Waals surface area contributed by atoms with Crippen LogP contribution >= 0.6 is 9.24 Å². The van der Waals surface area contributed by atoms with Crippen LogP contribution in [0.15, 0.2) is 72.8 Å². The van der Waals surface area contributed by atoms with E-state index in [9.17, 15) is 0 Å². The van der Waals surface area contributed by atoms with Crippen LogP contribution in [0.2, 0.25) is 0 Å². The van der Waals surface area contributed by atoms with Crippen LogP contribution in [-0.2, 0) is 6.42 Å². The lowest BCUT2D eigenvalue weighted by Crippen LogP contribution is -2.01. The molecule has 3 aromatic carbocycles. The van der Waals surface area contributed by atoms with Crippen molar-refractivity contribution >= 4 is 14.5 Å². The van der Waals surface area contributed by atoms with Gasteiger partial charge >= 0.3 is 18.0 Å². The summed E-state index contributed by atoms with van der Waals surface area (Å²) < 4.78 is 17.5. The van der Waals surface area contributed by atoms with Gasteiger partial charge in [-0.05, 0) is 60.6 Å². The minimum absolute atomic E-state index is 0.0776. The quantitative estimate of drug-likeness (QED) is 0.267. The molecule has 0 aliphatic carbocycles. The van der Waals surface area contributed by atoms with E-state index in [1.807, 2.05) is 79.7 Å². The zero-order valence-corrected chi connectivity index (χ0v) is 21.1. The molecular formula is C27H30N3O3P. The Morgan fingerprint density at radius 1 is 0.588 bits per heavy atom. The topological polar surface area (TPSA) is 66.4 Å². The van der Waals surface area contributed by atoms with Crippen molar-refractivity contribution in [3.05, 3.63) is 83.9 Å². The maximum Gasteiger partial charge on any atom is 0.331 e. The first-order valence-corrected chi connectivity index (χ1v) is 11.9. The Morgan fingerprint density at radius 2 is 0.941 bits per heavy atom. The van der Waals surface area contributed by atoms with Crippen molar-refractivity contribution in [1.29, 1.82) is 0 Å². The molecule has 0 spiro atoms. The second-order valence-corrected chi connectivity index (χ2v) is 8.24. The van der Waals surface area contributed by atoms with E-state index in [2.05, 4.69) is 45.0 Å². The average molecular weight is 476 g/mol. The summed E-state index contributed by atoms with van der Waals surface area (Å²) in [5.41, 5.74) is 2.34. The Morgan fingerprint density at radius 3 is 1.32 bits per heavy atom. The van der Waals surface area contributed by atoms with Crippen molar-refractivity contribution in [3.63, 3.8) is 0 Å². The molecule has 0 saturated carbocycles. The highest BCUT2D eigenvalue weighted by molar-refractivity contribution is 7.27. The molecule has 0 saturated heterocycles. The van der Waals surface area contributed by atoms with Gasteiger partial charge in [0, 0.05) is 0 Å². The van der Waals surface area contributed by atoms with E-state index in [0.717, 1.165) is 17.3 Å². The third kappa shape index (κ3) is 7.82. The molecule has 0 aliphatic rings. The van der Waals surface area contributed by atoms with Gasteiger partial charge in [0.05, 0.1) is 0 Å². The summed E-state index contributed by atoms with van der Waals surface area (Å²) in [6, 6.07) is 23.1. The van der Waals surface area contributed by atoms with Crippen LogP contribution < -0.4 is 19.5 Å². The highest BCUT2D eigenvalue weighted by Crippen LogP contribution is 2.27. The molecule has 1 atom stereocenters. The molecule has 4 aromatic rings. The number of aromatic nitrogens is 3. The lowest BCUT2D eigenvalue weighted by Gasteiger charge is -2.10. The molecule has 1 heterocycles. The largest absolute Gasteiger partial charge is 0.424 e. The molecule has 4 rings (SSSR count). The zero-order valence-electron chi connectivity index (χ0n) is 20.0. The zero-order chi connectivity index (χ0) is 24.3. The number of rotatable bonds is 7. The molecular weight excluding hydrogens is 445 g/mol. The summed E-state index contributed by atoms with van der Waals surface area (Å²) in [4.78, 5) is 12.9. The maximum absolute atomic E-state index is 5.85. The van der Waals surface area contributed by atoms with E-state index in [4.69, 9.17) is 14.2 Å². The summed E-state index contributed by atoms with van der Waals surface area (Å²) in [6.07, 6.45) is 2.20. The average Bonchev–Trinajstić information content (AvgIpc) is 2.83. The van der Waals surface area contributed by atoms with Gasteiger partial charge in [0.25, 0.3) is 0 Å². The molecule has 0 N–H and O–H groups in total. The van der Waals surface area contributed by atoms with Crippen molar-refractivity contribution < 1.29 is 14.2 Å². The Labute approximate surface area is 203 Å². The first-order chi connectivity index (χ1) is 16.5. The molecule has 0 aliphatic heterocycles. The second-order valence-electron chi connectivity index (χ2n) is 7.58. The van der Waals surface area contributed by atoms with Crippen molar-refractivity contribution in [2.75, 3.05) is 0 Å². The monoisotopic (exact) mass is 475 g/mol. The van der Waals surface area contributed by atoms with Crippen LogP contribution in [0.3, 0.4) is 0 Å². The van der Waals surface area contributed by atoms with Crippen molar-refractivity contribution in [2.24, 2.45) is 0 Å². The van der Waals surface area contributed by atoms with Gasteiger partial charge in [-0.15, -0.1) is 24.2 Å². The van der Waals surface area contributed by atoms with Gasteiger partial charge < -0.3 is 14.2 Å². The van der Waals surface area contributed by atoms with Crippen LogP contribution in [-0.4, -0.2) is 15.0 Å². The summed E-state index contributed by atoms with van der Waals surface area (Å²) in [5.74, 6) is 1.81. The van der Waals surface area contributed by atoms with E-state index >= 15 is 0 Å². The molecule has 1 unspecified atom stereocenters. The Hall–Kier alpha value is -3.50. The summed E-state index contributed by atoms with van der Waals surface area (Å²) in [6.45, 7) is 8.36. The number of ether oxygens (including phenoxy) is 3. The predicted octanol–water partition coefficient (Wildman–Crippen LogP) is 7.04. The van der Waals surface area contributed by atoms with Gasteiger partial charge in [0.15, 0.2) is 0 Å². The highest BCUT2D eigenvalue weighted by Gasteiger charge is 2.13. The minimum atomic E-state index is 0.0776. The van der Waals surface area contributed by atoms with Crippen molar-refractivity contribution in [1.82, 2.24) is 15.0 Å². The molecule has 7 heteroatoms. The number of nitrogens with zero attached hydrogens (tertiary/aromatic N) is 3. The van der Waals surface area contributed by atoms with E-state index in [-0.39, 0.29) is 18.0 Å². The highest BCUT2D eigenvalue weighted by atomic mass is 31.0. The number of hydrogen-bond donors (Lipinski definition) is 0.